The van der Waals surface area contributed by atoms with Gasteiger partial charge in [0, 0.05) is 18.4 Å². The molecule has 5 heteroatoms. The van der Waals surface area contributed by atoms with E-state index in [4.69, 9.17) is 5.73 Å². The fraction of sp³-hybridized carbons (Fsp3) is 0.0714. The Morgan fingerprint density at radius 1 is 1.16 bits per heavy atom. The maximum Gasteiger partial charge on any atom is 0.190 e. The van der Waals surface area contributed by atoms with Gasteiger partial charge in [0.05, 0.1) is 10.2 Å². The number of fused-ring (bicyclic) bond motifs is 1. The summed E-state index contributed by atoms with van der Waals surface area (Å²) in [6.07, 6.45) is 0. The highest BCUT2D eigenvalue weighted by molar-refractivity contribution is 7.22. The van der Waals surface area contributed by atoms with Gasteiger partial charge in [-0.15, -0.1) is 0 Å². The number of halogens is 1. The molecular formula is C14H12FN3S. The predicted octanol–water partition coefficient (Wildman–Crippen LogP) is 3.79. The van der Waals surface area contributed by atoms with Crippen LogP contribution in [0.5, 0.6) is 0 Å². The zero-order valence-electron chi connectivity index (χ0n) is 10.3. The third kappa shape index (κ3) is 2.24. The lowest BCUT2D eigenvalue weighted by Crippen LogP contribution is -2.08. The highest BCUT2D eigenvalue weighted by Gasteiger charge is 2.10. The third-order valence-corrected chi connectivity index (χ3v) is 4.00. The number of hydrogen-bond donors (Lipinski definition) is 1. The number of nitrogens with two attached hydrogens (primary N) is 1. The van der Waals surface area contributed by atoms with Gasteiger partial charge in [0.1, 0.15) is 5.82 Å². The fourth-order valence-corrected chi connectivity index (χ4v) is 2.84. The average Bonchev–Trinajstić information content (AvgIpc) is 2.81. The van der Waals surface area contributed by atoms with E-state index in [0.29, 0.717) is 0 Å². The van der Waals surface area contributed by atoms with Gasteiger partial charge in [-0.3, -0.25) is 0 Å². The fourth-order valence-electron chi connectivity index (χ4n) is 1.85. The molecule has 3 nitrogen and oxygen atoms in total. The molecule has 0 amide bonds. The van der Waals surface area contributed by atoms with Gasteiger partial charge in [-0.25, -0.2) is 9.37 Å². The molecule has 0 aliphatic rings. The van der Waals surface area contributed by atoms with Crippen molar-refractivity contribution in [1.29, 1.82) is 0 Å². The minimum absolute atomic E-state index is 0.241. The molecule has 0 saturated heterocycles. The second-order valence-corrected chi connectivity index (χ2v) is 5.27. The summed E-state index contributed by atoms with van der Waals surface area (Å²) in [4.78, 5) is 6.48. The van der Waals surface area contributed by atoms with Crippen LogP contribution < -0.4 is 10.6 Å². The number of rotatable bonds is 2. The second kappa shape index (κ2) is 4.51. The molecule has 0 fully saturated rings. The Bertz CT molecular complexity index is 721. The van der Waals surface area contributed by atoms with Crippen molar-refractivity contribution >= 4 is 38.1 Å². The van der Waals surface area contributed by atoms with Crippen LogP contribution in [0.3, 0.4) is 0 Å². The van der Waals surface area contributed by atoms with Crippen LogP contribution in [-0.4, -0.2) is 12.0 Å². The molecule has 1 aromatic heterocycles. The molecule has 3 rings (SSSR count). The van der Waals surface area contributed by atoms with E-state index < -0.39 is 0 Å². The first-order chi connectivity index (χ1) is 9.13. The monoisotopic (exact) mass is 273 g/mol. The molecule has 0 atom stereocenters. The lowest BCUT2D eigenvalue weighted by Gasteiger charge is -2.15. The topological polar surface area (TPSA) is 42.2 Å². The number of anilines is 3. The van der Waals surface area contributed by atoms with E-state index in [9.17, 15) is 4.39 Å². The standard InChI is InChI=1S/C14H12FN3S/c1-18(11-5-2-9(15)3-6-11)14-17-12-7-4-10(16)8-13(12)19-14/h2-8H,16H2,1H3. The summed E-state index contributed by atoms with van der Waals surface area (Å²) in [6.45, 7) is 0. The molecule has 2 N–H and O–H groups in total. The number of nitrogens with zero attached hydrogens (tertiary/aromatic N) is 2. The van der Waals surface area contributed by atoms with Crippen LogP contribution in [0.2, 0.25) is 0 Å². The molecule has 0 saturated carbocycles. The van der Waals surface area contributed by atoms with Gasteiger partial charge >= 0.3 is 0 Å². The lowest BCUT2D eigenvalue weighted by molar-refractivity contribution is 0.628. The molecule has 3 aromatic rings. The molecule has 0 radical (unpaired) electrons. The molecule has 19 heavy (non-hydrogen) atoms. The molecule has 0 aliphatic heterocycles. The molecule has 2 aromatic carbocycles. The van der Waals surface area contributed by atoms with Crippen molar-refractivity contribution in [1.82, 2.24) is 4.98 Å². The van der Waals surface area contributed by atoms with Gasteiger partial charge in [-0.05, 0) is 42.5 Å². The Morgan fingerprint density at radius 3 is 2.63 bits per heavy atom. The van der Waals surface area contributed by atoms with Gasteiger partial charge in [-0.2, -0.15) is 0 Å². The molecule has 1 heterocycles. The van der Waals surface area contributed by atoms with Crippen molar-refractivity contribution < 1.29 is 4.39 Å². The highest BCUT2D eigenvalue weighted by atomic mass is 32.1. The summed E-state index contributed by atoms with van der Waals surface area (Å²) in [5, 5.41) is 0.854. The minimum Gasteiger partial charge on any atom is -0.399 e. The quantitative estimate of drug-likeness (QED) is 0.722. The summed E-state index contributed by atoms with van der Waals surface area (Å²) in [7, 11) is 1.91. The number of nitrogen functional groups attached to an aromatic ring is 1. The Morgan fingerprint density at radius 2 is 1.89 bits per heavy atom. The molecule has 0 aliphatic carbocycles. The summed E-state index contributed by atoms with van der Waals surface area (Å²) >= 11 is 1.56. The van der Waals surface area contributed by atoms with Crippen molar-refractivity contribution in [2.45, 2.75) is 0 Å². The number of benzene rings is 2. The van der Waals surface area contributed by atoms with E-state index in [-0.39, 0.29) is 5.82 Å². The number of aromatic nitrogens is 1. The molecule has 0 bridgehead atoms. The van der Waals surface area contributed by atoms with Gasteiger partial charge in [0.25, 0.3) is 0 Å². The van der Waals surface area contributed by atoms with Gasteiger partial charge in [-0.1, -0.05) is 11.3 Å². The molecule has 96 valence electrons. The summed E-state index contributed by atoms with van der Waals surface area (Å²) in [6, 6.07) is 12.0. The van der Waals surface area contributed by atoms with Crippen molar-refractivity contribution in [3.05, 3.63) is 48.3 Å². The first-order valence-electron chi connectivity index (χ1n) is 5.79. The molecule has 0 unspecified atom stereocenters. The van der Waals surface area contributed by atoms with Crippen molar-refractivity contribution in [2.24, 2.45) is 0 Å². The third-order valence-electron chi connectivity index (χ3n) is 2.90. The van der Waals surface area contributed by atoms with Crippen LogP contribution in [-0.2, 0) is 0 Å². The number of thiazole rings is 1. The Hall–Kier alpha value is -2.14. The largest absolute Gasteiger partial charge is 0.399 e. The smallest absolute Gasteiger partial charge is 0.190 e. The van der Waals surface area contributed by atoms with Crippen LogP contribution in [0.1, 0.15) is 0 Å². The van der Waals surface area contributed by atoms with E-state index in [1.165, 1.54) is 12.1 Å². The minimum atomic E-state index is -0.241. The SMILES string of the molecule is CN(c1ccc(F)cc1)c1nc2ccc(N)cc2s1. The average molecular weight is 273 g/mol. The predicted molar refractivity (Wildman–Crippen MR) is 78.5 cm³/mol. The normalized spacial score (nSPS) is 10.8. The van der Waals surface area contributed by atoms with Crippen molar-refractivity contribution in [2.75, 3.05) is 17.7 Å². The second-order valence-electron chi connectivity index (χ2n) is 4.26. The molecule has 0 spiro atoms. The van der Waals surface area contributed by atoms with Crippen LogP contribution in [0.15, 0.2) is 42.5 Å². The van der Waals surface area contributed by atoms with Gasteiger partial charge < -0.3 is 10.6 Å². The maximum atomic E-state index is 12.9. The van der Waals surface area contributed by atoms with Crippen LogP contribution >= 0.6 is 11.3 Å². The lowest BCUT2D eigenvalue weighted by atomic mass is 10.3. The zero-order valence-corrected chi connectivity index (χ0v) is 11.1. The first kappa shape index (κ1) is 11.9. The van der Waals surface area contributed by atoms with E-state index in [2.05, 4.69) is 4.98 Å². The Kier molecular flexibility index (Phi) is 2.83. The van der Waals surface area contributed by atoms with Crippen LogP contribution in [0, 0.1) is 5.82 Å². The van der Waals surface area contributed by atoms with Crippen molar-refractivity contribution in [3.63, 3.8) is 0 Å². The van der Waals surface area contributed by atoms with E-state index in [1.807, 2.05) is 30.1 Å². The summed E-state index contributed by atoms with van der Waals surface area (Å²) in [5.41, 5.74) is 8.31. The van der Waals surface area contributed by atoms with E-state index in [1.54, 1.807) is 23.5 Å². The van der Waals surface area contributed by atoms with Crippen LogP contribution in [0.4, 0.5) is 20.9 Å². The van der Waals surface area contributed by atoms with E-state index >= 15 is 0 Å². The van der Waals surface area contributed by atoms with E-state index in [0.717, 1.165) is 26.7 Å². The highest BCUT2D eigenvalue weighted by Crippen LogP contribution is 2.33. The first-order valence-corrected chi connectivity index (χ1v) is 6.60. The molecular weight excluding hydrogens is 261 g/mol. The summed E-state index contributed by atoms with van der Waals surface area (Å²) < 4.78 is 14.0. The Balaban J connectivity index is 2.01. The maximum absolute atomic E-state index is 12.9. The number of hydrogen-bond acceptors (Lipinski definition) is 4. The van der Waals surface area contributed by atoms with Crippen LogP contribution in [0.25, 0.3) is 10.2 Å². The zero-order chi connectivity index (χ0) is 13.4. The Labute approximate surface area is 114 Å². The summed E-state index contributed by atoms with van der Waals surface area (Å²) in [5.74, 6) is -0.241. The van der Waals surface area contributed by atoms with Crippen molar-refractivity contribution in [3.8, 4) is 0 Å². The van der Waals surface area contributed by atoms with Gasteiger partial charge in [0.15, 0.2) is 5.13 Å². The van der Waals surface area contributed by atoms with Gasteiger partial charge in [0.2, 0.25) is 0 Å².